The molecule has 0 spiro atoms. The number of carboxylic acid groups (broad SMARTS) is 1. The van der Waals surface area contributed by atoms with E-state index >= 15 is 0 Å². The van der Waals surface area contributed by atoms with Gasteiger partial charge in [-0.1, -0.05) is 12.1 Å². The van der Waals surface area contributed by atoms with Gasteiger partial charge < -0.3 is 10.0 Å². The van der Waals surface area contributed by atoms with E-state index in [0.29, 0.717) is 12.8 Å². The number of hydrogen-bond donors (Lipinski definition) is 1. The topological polar surface area (TPSA) is 40.5 Å². The molecule has 3 nitrogen and oxygen atoms in total. The van der Waals surface area contributed by atoms with Gasteiger partial charge in [0.05, 0.1) is 11.5 Å². The molecular weight excluding hydrogens is 307 g/mol. The summed E-state index contributed by atoms with van der Waals surface area (Å²) in [4.78, 5) is 13.3. The van der Waals surface area contributed by atoms with Crippen LogP contribution in [-0.4, -0.2) is 35.1 Å². The highest BCUT2D eigenvalue weighted by Gasteiger charge is 2.30. The number of nitrogens with zero attached hydrogens (tertiary/aromatic N) is 1. The third-order valence-corrected chi connectivity index (χ3v) is 4.56. The van der Waals surface area contributed by atoms with Crippen LogP contribution in [0.3, 0.4) is 0 Å². The van der Waals surface area contributed by atoms with Gasteiger partial charge in [0, 0.05) is 6.04 Å². The highest BCUT2D eigenvalue weighted by molar-refractivity contribution is 5.70. The first kappa shape index (κ1) is 17.8. The smallest absolute Gasteiger partial charge is 0.416 e. The molecule has 0 radical (unpaired) electrons. The van der Waals surface area contributed by atoms with Crippen molar-refractivity contribution in [1.82, 2.24) is 4.90 Å². The van der Waals surface area contributed by atoms with Crippen molar-refractivity contribution < 1.29 is 23.1 Å². The number of hydrogen-bond acceptors (Lipinski definition) is 2. The van der Waals surface area contributed by atoms with Gasteiger partial charge in [-0.3, -0.25) is 4.79 Å². The molecule has 0 bridgehead atoms. The summed E-state index contributed by atoms with van der Waals surface area (Å²) in [5.74, 6) is -0.975. The normalized spacial score (nSPS) is 23.0. The standard InChI is InChI=1S/C17H22F3NO2/c1-12-11-14(16(22)23)8-10-21(12)9-2-3-13-4-6-15(7-5-13)17(18,19)20/h4-7,12,14H,2-3,8-11H2,1H3,(H,22,23)/t12-,14-/m1/s1. The minimum atomic E-state index is -4.29. The second-order valence-electron chi connectivity index (χ2n) is 6.24. The summed E-state index contributed by atoms with van der Waals surface area (Å²) >= 11 is 0. The lowest BCUT2D eigenvalue weighted by atomic mass is 9.91. The number of alkyl halides is 3. The van der Waals surface area contributed by atoms with Crippen molar-refractivity contribution >= 4 is 5.97 Å². The van der Waals surface area contributed by atoms with E-state index in [-0.39, 0.29) is 12.0 Å². The van der Waals surface area contributed by atoms with Gasteiger partial charge in [0.2, 0.25) is 0 Å². The molecule has 1 fully saturated rings. The quantitative estimate of drug-likeness (QED) is 0.893. The largest absolute Gasteiger partial charge is 0.481 e. The number of aryl methyl sites for hydroxylation is 1. The van der Waals surface area contributed by atoms with Gasteiger partial charge in [-0.2, -0.15) is 13.2 Å². The first-order valence-corrected chi connectivity index (χ1v) is 7.90. The van der Waals surface area contributed by atoms with Gasteiger partial charge in [0.1, 0.15) is 0 Å². The molecule has 2 atom stereocenters. The highest BCUT2D eigenvalue weighted by atomic mass is 19.4. The predicted octanol–water partition coefficient (Wildman–Crippen LogP) is 3.82. The van der Waals surface area contributed by atoms with Crippen molar-refractivity contribution in [1.29, 1.82) is 0 Å². The van der Waals surface area contributed by atoms with Gasteiger partial charge in [0.15, 0.2) is 0 Å². The van der Waals surface area contributed by atoms with E-state index in [0.717, 1.165) is 43.6 Å². The zero-order chi connectivity index (χ0) is 17.0. The van der Waals surface area contributed by atoms with Gasteiger partial charge in [-0.05, 0) is 63.4 Å². The van der Waals surface area contributed by atoms with E-state index in [4.69, 9.17) is 5.11 Å². The summed E-state index contributed by atoms with van der Waals surface area (Å²) in [5.41, 5.74) is 0.275. The molecule has 0 unspecified atom stereocenters. The summed E-state index contributed by atoms with van der Waals surface area (Å²) < 4.78 is 37.5. The zero-order valence-electron chi connectivity index (χ0n) is 13.1. The molecule has 128 valence electrons. The molecule has 1 aromatic rings. The molecular formula is C17H22F3NO2. The van der Waals surface area contributed by atoms with Crippen molar-refractivity contribution in [2.45, 2.75) is 44.8 Å². The maximum atomic E-state index is 12.5. The van der Waals surface area contributed by atoms with Gasteiger partial charge >= 0.3 is 12.1 Å². The van der Waals surface area contributed by atoms with Crippen molar-refractivity contribution in [2.24, 2.45) is 5.92 Å². The molecule has 0 aliphatic carbocycles. The van der Waals surface area contributed by atoms with Crippen molar-refractivity contribution in [3.8, 4) is 0 Å². The molecule has 1 saturated heterocycles. The van der Waals surface area contributed by atoms with Crippen LogP contribution >= 0.6 is 0 Å². The summed E-state index contributed by atoms with van der Waals surface area (Å²) in [6.45, 7) is 3.65. The second-order valence-corrected chi connectivity index (χ2v) is 6.24. The number of benzene rings is 1. The molecule has 1 N–H and O–H groups in total. The van der Waals surface area contributed by atoms with Crippen LogP contribution in [-0.2, 0) is 17.4 Å². The molecule has 1 aliphatic heterocycles. The second kappa shape index (κ2) is 7.34. The van der Waals surface area contributed by atoms with E-state index in [1.54, 1.807) is 0 Å². The van der Waals surface area contributed by atoms with E-state index in [1.807, 2.05) is 6.92 Å². The zero-order valence-corrected chi connectivity index (χ0v) is 13.1. The van der Waals surface area contributed by atoms with E-state index in [1.165, 1.54) is 12.1 Å². The van der Waals surface area contributed by atoms with Gasteiger partial charge in [-0.15, -0.1) is 0 Å². The fourth-order valence-corrected chi connectivity index (χ4v) is 3.12. The van der Waals surface area contributed by atoms with Crippen LogP contribution in [0.5, 0.6) is 0 Å². The fraction of sp³-hybridized carbons (Fsp3) is 0.588. The summed E-state index contributed by atoms with van der Waals surface area (Å²) in [6.07, 6.45) is -1.38. The number of carbonyl (C=O) groups is 1. The number of halogens is 3. The Labute approximate surface area is 134 Å². The maximum absolute atomic E-state index is 12.5. The fourth-order valence-electron chi connectivity index (χ4n) is 3.12. The number of carboxylic acids is 1. The predicted molar refractivity (Wildman–Crippen MR) is 81.2 cm³/mol. The van der Waals surface area contributed by atoms with Crippen LogP contribution in [0.2, 0.25) is 0 Å². The Morgan fingerprint density at radius 3 is 2.48 bits per heavy atom. The minimum Gasteiger partial charge on any atom is -0.481 e. The Kier molecular flexibility index (Phi) is 5.68. The van der Waals surface area contributed by atoms with Crippen molar-refractivity contribution in [3.63, 3.8) is 0 Å². The average molecular weight is 329 g/mol. The first-order chi connectivity index (χ1) is 10.8. The Bertz CT molecular complexity index is 528. The molecule has 1 heterocycles. The number of piperidine rings is 1. The monoisotopic (exact) mass is 329 g/mol. The van der Waals surface area contributed by atoms with Crippen molar-refractivity contribution in [3.05, 3.63) is 35.4 Å². The lowest BCUT2D eigenvalue weighted by molar-refractivity contribution is -0.144. The Morgan fingerprint density at radius 1 is 1.30 bits per heavy atom. The van der Waals surface area contributed by atoms with Crippen LogP contribution in [0.15, 0.2) is 24.3 Å². The van der Waals surface area contributed by atoms with Crippen LogP contribution < -0.4 is 0 Å². The van der Waals surface area contributed by atoms with Crippen LogP contribution in [0.4, 0.5) is 13.2 Å². The number of likely N-dealkylation sites (tertiary alicyclic amines) is 1. The third kappa shape index (κ3) is 4.96. The van der Waals surface area contributed by atoms with Crippen molar-refractivity contribution in [2.75, 3.05) is 13.1 Å². The molecule has 2 rings (SSSR count). The third-order valence-electron chi connectivity index (χ3n) is 4.56. The Balaban J connectivity index is 1.78. The SMILES string of the molecule is C[C@@H]1C[C@H](C(=O)O)CCN1CCCc1ccc(C(F)(F)F)cc1. The number of rotatable bonds is 5. The molecule has 0 aromatic heterocycles. The summed E-state index contributed by atoms with van der Waals surface area (Å²) in [5, 5.41) is 9.05. The average Bonchev–Trinajstić information content (AvgIpc) is 2.48. The molecule has 1 aliphatic rings. The van der Waals surface area contributed by atoms with E-state index < -0.39 is 17.7 Å². The summed E-state index contributed by atoms with van der Waals surface area (Å²) in [7, 11) is 0. The minimum absolute atomic E-state index is 0.234. The summed E-state index contributed by atoms with van der Waals surface area (Å²) in [6, 6.07) is 5.54. The lowest BCUT2D eigenvalue weighted by Crippen LogP contribution is -2.43. The Hall–Kier alpha value is -1.56. The molecule has 0 amide bonds. The van der Waals surface area contributed by atoms with Crippen LogP contribution in [0.25, 0.3) is 0 Å². The van der Waals surface area contributed by atoms with Crippen LogP contribution in [0.1, 0.15) is 37.3 Å². The van der Waals surface area contributed by atoms with Gasteiger partial charge in [0.25, 0.3) is 0 Å². The molecule has 23 heavy (non-hydrogen) atoms. The Morgan fingerprint density at radius 2 is 1.96 bits per heavy atom. The van der Waals surface area contributed by atoms with E-state index in [2.05, 4.69) is 4.90 Å². The van der Waals surface area contributed by atoms with Crippen LogP contribution in [0, 0.1) is 5.92 Å². The maximum Gasteiger partial charge on any atom is 0.416 e. The van der Waals surface area contributed by atoms with E-state index in [9.17, 15) is 18.0 Å². The highest BCUT2D eigenvalue weighted by Crippen LogP contribution is 2.29. The lowest BCUT2D eigenvalue weighted by Gasteiger charge is -2.36. The molecule has 0 saturated carbocycles. The number of aliphatic carboxylic acids is 1. The van der Waals surface area contributed by atoms with Gasteiger partial charge in [-0.25, -0.2) is 0 Å². The molecule has 1 aromatic carbocycles. The first-order valence-electron chi connectivity index (χ1n) is 7.90. The molecule has 6 heteroatoms.